The quantitative estimate of drug-likeness (QED) is 0.568. The number of hydrogen-bond donors (Lipinski definition) is 2. The van der Waals surface area contributed by atoms with Gasteiger partial charge < -0.3 is 20.3 Å². The average Bonchev–Trinajstić information content (AvgIpc) is 3.24. The lowest BCUT2D eigenvalue weighted by molar-refractivity contribution is -0.123. The number of carbonyl (C=O) groups is 4. The Morgan fingerprint density at radius 1 is 1.16 bits per heavy atom. The van der Waals surface area contributed by atoms with Gasteiger partial charge in [-0.15, -0.1) is 0 Å². The summed E-state index contributed by atoms with van der Waals surface area (Å²) in [6, 6.07) is 11.4. The summed E-state index contributed by atoms with van der Waals surface area (Å²) >= 11 is 0. The van der Waals surface area contributed by atoms with Crippen LogP contribution in [0.5, 0.6) is 0 Å². The molecule has 0 bridgehead atoms. The van der Waals surface area contributed by atoms with Gasteiger partial charge in [0.1, 0.15) is 6.04 Å². The van der Waals surface area contributed by atoms with Crippen molar-refractivity contribution in [3.63, 3.8) is 0 Å². The Kier molecular flexibility index (Phi) is 5.46. The Labute approximate surface area is 179 Å². The van der Waals surface area contributed by atoms with Crippen LogP contribution in [0.25, 0.3) is 0 Å². The minimum Gasteiger partial charge on any atom is -0.449 e. The molecule has 1 saturated heterocycles. The van der Waals surface area contributed by atoms with Crippen LogP contribution in [-0.2, 0) is 14.3 Å². The molecule has 0 aromatic heterocycles. The number of benzene rings is 2. The van der Waals surface area contributed by atoms with Gasteiger partial charge in [-0.3, -0.25) is 14.4 Å². The van der Waals surface area contributed by atoms with Crippen LogP contribution in [-0.4, -0.2) is 42.3 Å². The third-order valence-electron chi connectivity index (χ3n) is 5.54. The topological polar surface area (TPSA) is 105 Å². The second-order valence-corrected chi connectivity index (χ2v) is 7.75. The number of esters is 1. The van der Waals surface area contributed by atoms with E-state index in [1.807, 2.05) is 0 Å². The van der Waals surface area contributed by atoms with Gasteiger partial charge in [0, 0.05) is 17.8 Å². The fourth-order valence-corrected chi connectivity index (χ4v) is 3.90. The second-order valence-electron chi connectivity index (χ2n) is 7.75. The summed E-state index contributed by atoms with van der Waals surface area (Å²) in [4.78, 5) is 50.8. The first-order valence-electron chi connectivity index (χ1n) is 10.2. The summed E-state index contributed by atoms with van der Waals surface area (Å²) in [5.74, 6) is -1.37. The Balaban J connectivity index is 1.43. The van der Waals surface area contributed by atoms with E-state index in [0.29, 0.717) is 16.9 Å². The zero-order valence-corrected chi connectivity index (χ0v) is 17.3. The van der Waals surface area contributed by atoms with Crippen LogP contribution in [0.2, 0.25) is 0 Å². The van der Waals surface area contributed by atoms with Crippen molar-refractivity contribution in [2.24, 2.45) is 0 Å². The van der Waals surface area contributed by atoms with Gasteiger partial charge in [0.05, 0.1) is 16.9 Å². The molecule has 4 rings (SSSR count). The van der Waals surface area contributed by atoms with Gasteiger partial charge in [-0.05, 0) is 57.0 Å². The lowest BCUT2D eigenvalue weighted by Crippen LogP contribution is -2.43. The smallest absolute Gasteiger partial charge is 0.338 e. The summed E-state index contributed by atoms with van der Waals surface area (Å²) in [5, 5.41) is 5.50. The number of nitrogens with zero attached hydrogens (tertiary/aromatic N) is 1. The third kappa shape index (κ3) is 4.14. The first-order chi connectivity index (χ1) is 14.8. The van der Waals surface area contributed by atoms with Crippen LogP contribution in [0.15, 0.2) is 42.5 Å². The van der Waals surface area contributed by atoms with Gasteiger partial charge in [0.15, 0.2) is 11.9 Å². The van der Waals surface area contributed by atoms with Gasteiger partial charge in [-0.2, -0.15) is 0 Å². The van der Waals surface area contributed by atoms with Gasteiger partial charge in [0.25, 0.3) is 5.91 Å². The minimum absolute atomic E-state index is 0.0731. The molecule has 0 radical (unpaired) electrons. The molecule has 1 fully saturated rings. The Bertz CT molecular complexity index is 1080. The zero-order chi connectivity index (χ0) is 22.1. The predicted octanol–water partition coefficient (Wildman–Crippen LogP) is 2.99. The lowest BCUT2D eigenvalue weighted by Gasteiger charge is -2.33. The Morgan fingerprint density at radius 3 is 2.74 bits per heavy atom. The maximum atomic E-state index is 12.6. The van der Waals surface area contributed by atoms with Crippen molar-refractivity contribution >= 4 is 40.6 Å². The largest absolute Gasteiger partial charge is 0.449 e. The minimum atomic E-state index is -1.05. The SMILES string of the molecule is CC(=O)c1cccc(NC(=O)[C@H](C)OC(=O)c2ccc3c(c2)NC(=O)[C@@H]2CCCN32)c1. The van der Waals surface area contributed by atoms with E-state index in [9.17, 15) is 19.2 Å². The standard InChI is InChI=1S/C23H23N3O5/c1-13(27)15-5-3-6-17(11-15)24-21(28)14(2)31-23(30)16-8-9-19-18(12-16)25-22(29)20-7-4-10-26(19)20/h3,5-6,8-9,11-12,14,20H,4,7,10H2,1-2H3,(H,24,28)(H,25,29)/t14-,20-/m0/s1. The molecule has 0 aliphatic carbocycles. The summed E-state index contributed by atoms with van der Waals surface area (Å²) in [6.07, 6.45) is 0.711. The van der Waals surface area contributed by atoms with Crippen molar-refractivity contribution in [3.05, 3.63) is 53.6 Å². The van der Waals surface area contributed by atoms with Crippen molar-refractivity contribution in [3.8, 4) is 0 Å². The second kappa shape index (κ2) is 8.22. The predicted molar refractivity (Wildman–Crippen MR) is 115 cm³/mol. The number of nitrogens with one attached hydrogen (secondary N) is 2. The average molecular weight is 421 g/mol. The number of fused-ring (bicyclic) bond motifs is 3. The number of Topliss-reactive ketones (excluding diaryl/α,β-unsaturated/α-hetero) is 1. The monoisotopic (exact) mass is 421 g/mol. The molecule has 0 spiro atoms. The van der Waals surface area contributed by atoms with Gasteiger partial charge in [0.2, 0.25) is 5.91 Å². The number of rotatable bonds is 5. The molecule has 2 aliphatic heterocycles. The van der Waals surface area contributed by atoms with E-state index in [1.165, 1.54) is 13.8 Å². The summed E-state index contributed by atoms with van der Waals surface area (Å²) in [5.41, 5.74) is 2.61. The maximum Gasteiger partial charge on any atom is 0.338 e. The van der Waals surface area contributed by atoms with E-state index < -0.39 is 18.0 Å². The Hall–Kier alpha value is -3.68. The highest BCUT2D eigenvalue weighted by Crippen LogP contribution is 2.37. The van der Waals surface area contributed by atoms with Crippen LogP contribution in [0, 0.1) is 0 Å². The highest BCUT2D eigenvalue weighted by Gasteiger charge is 2.36. The molecule has 2 atom stereocenters. The first kappa shape index (κ1) is 20.6. The van der Waals surface area contributed by atoms with Gasteiger partial charge in [-0.1, -0.05) is 12.1 Å². The van der Waals surface area contributed by atoms with E-state index in [0.717, 1.165) is 25.1 Å². The third-order valence-corrected chi connectivity index (χ3v) is 5.54. The number of ether oxygens (including phenoxy) is 1. The van der Waals surface area contributed by atoms with Gasteiger partial charge in [-0.25, -0.2) is 4.79 Å². The Morgan fingerprint density at radius 2 is 1.97 bits per heavy atom. The first-order valence-corrected chi connectivity index (χ1v) is 10.2. The molecule has 2 aromatic rings. The van der Waals surface area contributed by atoms with E-state index in [1.54, 1.807) is 42.5 Å². The molecular weight excluding hydrogens is 398 g/mol. The van der Waals surface area contributed by atoms with E-state index in [4.69, 9.17) is 4.74 Å². The molecule has 2 heterocycles. The summed E-state index contributed by atoms with van der Waals surface area (Å²) in [6.45, 7) is 3.71. The van der Waals surface area contributed by atoms with E-state index >= 15 is 0 Å². The normalized spacial score (nSPS) is 17.8. The number of hydrogen-bond acceptors (Lipinski definition) is 6. The van der Waals surface area contributed by atoms with Crippen molar-refractivity contribution in [2.75, 3.05) is 22.1 Å². The molecule has 0 saturated carbocycles. The van der Waals surface area contributed by atoms with Crippen LogP contribution < -0.4 is 15.5 Å². The molecule has 2 amide bonds. The van der Waals surface area contributed by atoms with Crippen molar-refractivity contribution in [2.45, 2.75) is 38.8 Å². The molecule has 8 nitrogen and oxygen atoms in total. The fourth-order valence-electron chi connectivity index (χ4n) is 3.90. The summed E-state index contributed by atoms with van der Waals surface area (Å²) in [7, 11) is 0. The highest BCUT2D eigenvalue weighted by molar-refractivity contribution is 6.06. The fraction of sp³-hybridized carbons (Fsp3) is 0.304. The van der Waals surface area contributed by atoms with Crippen LogP contribution in [0.4, 0.5) is 17.1 Å². The van der Waals surface area contributed by atoms with Crippen molar-refractivity contribution < 1.29 is 23.9 Å². The molecular formula is C23H23N3O5. The van der Waals surface area contributed by atoms with Crippen molar-refractivity contribution in [1.82, 2.24) is 0 Å². The molecule has 8 heteroatoms. The number of ketones is 1. The maximum absolute atomic E-state index is 12.6. The van der Waals surface area contributed by atoms with Gasteiger partial charge >= 0.3 is 5.97 Å². The van der Waals surface area contributed by atoms with Crippen LogP contribution in [0.3, 0.4) is 0 Å². The van der Waals surface area contributed by atoms with Crippen molar-refractivity contribution in [1.29, 1.82) is 0 Å². The zero-order valence-electron chi connectivity index (χ0n) is 17.3. The number of carbonyl (C=O) groups excluding carboxylic acids is 4. The van der Waals surface area contributed by atoms with E-state index in [2.05, 4.69) is 15.5 Å². The van der Waals surface area contributed by atoms with Crippen LogP contribution >= 0.6 is 0 Å². The molecule has 160 valence electrons. The summed E-state index contributed by atoms with van der Waals surface area (Å²) < 4.78 is 5.31. The number of anilines is 3. The number of amides is 2. The molecule has 2 N–H and O–H groups in total. The lowest BCUT2D eigenvalue weighted by atomic mass is 10.1. The molecule has 31 heavy (non-hydrogen) atoms. The molecule has 0 unspecified atom stereocenters. The molecule has 2 aliphatic rings. The van der Waals surface area contributed by atoms with E-state index in [-0.39, 0.29) is 23.3 Å². The van der Waals surface area contributed by atoms with Crippen LogP contribution in [0.1, 0.15) is 47.4 Å². The highest BCUT2D eigenvalue weighted by atomic mass is 16.5. The molecule has 2 aromatic carbocycles.